The minimum Gasteiger partial charge on any atom is -0.180 e. The standard InChI is InChI=1S/C9H22SSi/c1-2-3-4-5-6-7-8-9(10)11/h9-10H,2-8H2,1,11H3. The van der Waals surface area contributed by atoms with Crippen molar-refractivity contribution >= 4 is 22.9 Å². The van der Waals surface area contributed by atoms with Gasteiger partial charge in [0.25, 0.3) is 0 Å². The average molecular weight is 190 g/mol. The van der Waals surface area contributed by atoms with Gasteiger partial charge in [-0.3, -0.25) is 0 Å². The lowest BCUT2D eigenvalue weighted by atomic mass is 10.1. The highest BCUT2D eigenvalue weighted by Gasteiger charge is 1.94. The molecule has 0 N–H and O–H groups in total. The molecule has 0 aromatic rings. The zero-order chi connectivity index (χ0) is 8.53. The number of hydrogen-bond acceptors (Lipinski definition) is 1. The summed E-state index contributed by atoms with van der Waals surface area (Å²) < 4.78 is 0. The van der Waals surface area contributed by atoms with Crippen molar-refractivity contribution < 1.29 is 0 Å². The van der Waals surface area contributed by atoms with Gasteiger partial charge in [-0.2, -0.15) is 12.6 Å². The molecule has 0 spiro atoms. The third-order valence-corrected chi connectivity index (χ3v) is 2.81. The van der Waals surface area contributed by atoms with Gasteiger partial charge in [0, 0.05) is 10.2 Å². The maximum absolute atomic E-state index is 4.40. The summed E-state index contributed by atoms with van der Waals surface area (Å²) in [5, 5.41) is 0. The zero-order valence-corrected chi connectivity index (χ0v) is 10.9. The van der Waals surface area contributed by atoms with Crippen LogP contribution >= 0.6 is 12.6 Å². The van der Waals surface area contributed by atoms with Gasteiger partial charge in [-0.1, -0.05) is 45.4 Å². The molecular formula is C9H22SSi. The minimum absolute atomic E-state index is 0.737. The molecule has 2 heteroatoms. The Morgan fingerprint density at radius 1 is 1.09 bits per heavy atom. The minimum atomic E-state index is 0.737. The summed E-state index contributed by atoms with van der Waals surface area (Å²) in [5.41, 5.74) is 0. The van der Waals surface area contributed by atoms with Crippen LogP contribution in [0.4, 0.5) is 0 Å². The molecule has 0 heterocycles. The van der Waals surface area contributed by atoms with E-state index in [9.17, 15) is 0 Å². The summed E-state index contributed by atoms with van der Waals surface area (Å²) >= 11 is 4.40. The van der Waals surface area contributed by atoms with Gasteiger partial charge in [-0.25, -0.2) is 0 Å². The second-order valence-corrected chi connectivity index (χ2v) is 6.65. The fraction of sp³-hybridized carbons (Fsp3) is 1.00. The lowest BCUT2D eigenvalue weighted by Crippen LogP contribution is -1.95. The molecular weight excluding hydrogens is 168 g/mol. The van der Waals surface area contributed by atoms with Crippen LogP contribution in [0.3, 0.4) is 0 Å². The van der Waals surface area contributed by atoms with Crippen LogP contribution in [0.1, 0.15) is 51.9 Å². The van der Waals surface area contributed by atoms with Crippen LogP contribution in [0.5, 0.6) is 0 Å². The Morgan fingerprint density at radius 2 is 1.64 bits per heavy atom. The Balaban J connectivity index is 2.80. The second-order valence-electron chi connectivity index (χ2n) is 3.41. The van der Waals surface area contributed by atoms with Gasteiger partial charge in [0.2, 0.25) is 0 Å². The van der Waals surface area contributed by atoms with Crippen molar-refractivity contribution in [2.75, 3.05) is 0 Å². The lowest BCUT2D eigenvalue weighted by Gasteiger charge is -2.02. The number of hydrogen-bond donors (Lipinski definition) is 1. The van der Waals surface area contributed by atoms with Crippen LogP contribution in [-0.2, 0) is 0 Å². The highest BCUT2D eigenvalue weighted by Crippen LogP contribution is 2.09. The molecule has 0 fully saturated rings. The first-order chi connectivity index (χ1) is 5.27. The molecule has 0 radical (unpaired) electrons. The first-order valence-corrected chi connectivity index (χ1v) is 6.62. The quantitative estimate of drug-likeness (QED) is 0.356. The molecule has 11 heavy (non-hydrogen) atoms. The molecule has 0 aromatic carbocycles. The van der Waals surface area contributed by atoms with Gasteiger partial charge in [0.1, 0.15) is 0 Å². The van der Waals surface area contributed by atoms with E-state index in [1.54, 1.807) is 0 Å². The summed E-state index contributed by atoms with van der Waals surface area (Å²) in [6.07, 6.45) is 9.84. The van der Waals surface area contributed by atoms with Crippen molar-refractivity contribution in [2.45, 2.75) is 56.7 Å². The van der Waals surface area contributed by atoms with Crippen molar-refractivity contribution in [3.05, 3.63) is 0 Å². The van der Waals surface area contributed by atoms with Crippen LogP contribution in [0.2, 0.25) is 0 Å². The smallest absolute Gasteiger partial charge is 0.0189 e. The molecule has 0 nitrogen and oxygen atoms in total. The molecule has 0 amide bonds. The molecule has 0 rings (SSSR count). The summed E-state index contributed by atoms with van der Waals surface area (Å²) in [4.78, 5) is 0.737. The van der Waals surface area contributed by atoms with Gasteiger partial charge >= 0.3 is 0 Å². The summed E-state index contributed by atoms with van der Waals surface area (Å²) in [5.74, 6) is 0. The van der Waals surface area contributed by atoms with E-state index in [-0.39, 0.29) is 0 Å². The third-order valence-electron chi connectivity index (χ3n) is 1.98. The average Bonchev–Trinajstić information content (AvgIpc) is 1.96. The molecule has 1 unspecified atom stereocenters. The molecule has 0 aliphatic heterocycles. The molecule has 0 aliphatic carbocycles. The van der Waals surface area contributed by atoms with Crippen LogP contribution in [0, 0.1) is 0 Å². The first kappa shape index (κ1) is 11.6. The van der Waals surface area contributed by atoms with E-state index in [0.717, 1.165) is 4.87 Å². The van der Waals surface area contributed by atoms with E-state index in [0.29, 0.717) is 0 Å². The molecule has 68 valence electrons. The fourth-order valence-electron chi connectivity index (χ4n) is 1.22. The summed E-state index contributed by atoms with van der Waals surface area (Å²) in [7, 11) is 1.25. The van der Waals surface area contributed by atoms with Gasteiger partial charge < -0.3 is 0 Å². The maximum atomic E-state index is 4.40. The van der Waals surface area contributed by atoms with Crippen molar-refractivity contribution in [3.63, 3.8) is 0 Å². The number of thiol groups is 1. The Kier molecular flexibility index (Phi) is 9.11. The largest absolute Gasteiger partial charge is 0.180 e. The Bertz CT molecular complexity index is 74.0. The van der Waals surface area contributed by atoms with Crippen LogP contribution in [0.15, 0.2) is 0 Å². The second kappa shape index (κ2) is 8.66. The lowest BCUT2D eigenvalue weighted by molar-refractivity contribution is 0.600. The van der Waals surface area contributed by atoms with Crippen molar-refractivity contribution in [3.8, 4) is 0 Å². The van der Waals surface area contributed by atoms with Gasteiger partial charge in [0.15, 0.2) is 0 Å². The van der Waals surface area contributed by atoms with E-state index in [1.807, 2.05) is 0 Å². The van der Waals surface area contributed by atoms with E-state index in [1.165, 1.54) is 55.2 Å². The third kappa shape index (κ3) is 10.6. The highest BCUT2D eigenvalue weighted by molar-refractivity contribution is 7.82. The topological polar surface area (TPSA) is 0 Å². The van der Waals surface area contributed by atoms with E-state index < -0.39 is 0 Å². The summed E-state index contributed by atoms with van der Waals surface area (Å²) in [6, 6.07) is 0. The normalized spacial score (nSPS) is 13.6. The van der Waals surface area contributed by atoms with Crippen LogP contribution in [-0.4, -0.2) is 15.1 Å². The van der Waals surface area contributed by atoms with Crippen molar-refractivity contribution in [2.24, 2.45) is 0 Å². The van der Waals surface area contributed by atoms with Gasteiger partial charge in [-0.15, -0.1) is 0 Å². The van der Waals surface area contributed by atoms with Gasteiger partial charge in [0.05, 0.1) is 0 Å². The van der Waals surface area contributed by atoms with Crippen molar-refractivity contribution in [1.29, 1.82) is 0 Å². The van der Waals surface area contributed by atoms with Gasteiger partial charge in [-0.05, 0) is 11.3 Å². The van der Waals surface area contributed by atoms with E-state index >= 15 is 0 Å². The van der Waals surface area contributed by atoms with E-state index in [4.69, 9.17) is 0 Å². The molecule has 0 saturated carbocycles. The fourth-order valence-corrected chi connectivity index (χ4v) is 1.81. The number of unbranched alkanes of at least 4 members (excludes halogenated alkanes) is 5. The summed E-state index contributed by atoms with van der Waals surface area (Å²) in [6.45, 7) is 2.27. The highest BCUT2D eigenvalue weighted by atomic mass is 32.1. The Hall–Kier alpha value is 0.567. The maximum Gasteiger partial charge on any atom is 0.0189 e. The van der Waals surface area contributed by atoms with Crippen LogP contribution in [0.25, 0.3) is 0 Å². The van der Waals surface area contributed by atoms with Crippen molar-refractivity contribution in [1.82, 2.24) is 0 Å². The zero-order valence-electron chi connectivity index (χ0n) is 7.97. The molecule has 0 aromatic heterocycles. The first-order valence-electron chi connectivity index (χ1n) is 4.95. The molecule has 0 bridgehead atoms. The monoisotopic (exact) mass is 190 g/mol. The SMILES string of the molecule is CCCCCCCCC([SiH3])S. The number of rotatable bonds is 7. The molecule has 1 atom stereocenters. The van der Waals surface area contributed by atoms with E-state index in [2.05, 4.69) is 19.6 Å². The molecule has 0 saturated heterocycles. The predicted octanol–water partition coefficient (Wildman–Crippen LogP) is 2.36. The Morgan fingerprint density at radius 3 is 2.18 bits per heavy atom. The predicted molar refractivity (Wildman–Crippen MR) is 60.7 cm³/mol. The molecule has 0 aliphatic rings. The van der Waals surface area contributed by atoms with Crippen LogP contribution < -0.4 is 0 Å². The Labute approximate surface area is 80.0 Å².